The van der Waals surface area contributed by atoms with Crippen molar-refractivity contribution in [2.24, 2.45) is 0 Å². The van der Waals surface area contributed by atoms with Gasteiger partial charge in [-0.1, -0.05) is 0 Å². The van der Waals surface area contributed by atoms with E-state index in [1.165, 1.54) is 0 Å². The lowest BCUT2D eigenvalue weighted by Gasteiger charge is -2.15. The van der Waals surface area contributed by atoms with Gasteiger partial charge in [0.15, 0.2) is 0 Å². The summed E-state index contributed by atoms with van der Waals surface area (Å²) in [6.45, 7) is 5.84. The first-order chi connectivity index (χ1) is 6.91. The Bertz CT molecular complexity index is 388. The van der Waals surface area contributed by atoms with Crippen LogP contribution in [0, 0.1) is 5.41 Å². The van der Waals surface area contributed by atoms with Gasteiger partial charge in [0.25, 0.3) is 0 Å². The topological polar surface area (TPSA) is 48.8 Å². The summed E-state index contributed by atoms with van der Waals surface area (Å²) >= 11 is 6.78. The summed E-state index contributed by atoms with van der Waals surface area (Å²) in [6, 6.07) is 2.18. The molecule has 0 aliphatic carbocycles. The fourth-order valence-corrected chi connectivity index (χ4v) is 2.41. The molecule has 82 valence electrons. The summed E-state index contributed by atoms with van der Waals surface area (Å²) in [4.78, 5) is 4.29. The Balaban J connectivity index is 3.27. The van der Waals surface area contributed by atoms with E-state index in [9.17, 15) is 0 Å². The molecule has 0 unspecified atom stereocenters. The number of pyridine rings is 1. The molecule has 1 aromatic rings. The van der Waals surface area contributed by atoms with E-state index in [1.807, 2.05) is 6.07 Å². The second-order valence-electron chi connectivity index (χ2n) is 3.57. The molecule has 0 radical (unpaired) electrons. The van der Waals surface area contributed by atoms with Crippen LogP contribution in [-0.2, 0) is 0 Å². The van der Waals surface area contributed by atoms with Gasteiger partial charge in [-0.25, -0.2) is 4.98 Å². The van der Waals surface area contributed by atoms with Crippen molar-refractivity contribution < 1.29 is 0 Å². The van der Waals surface area contributed by atoms with Crippen molar-refractivity contribution in [2.75, 3.05) is 5.32 Å². The molecule has 1 rings (SSSR count). The number of aromatic nitrogens is 1. The minimum Gasteiger partial charge on any atom is -0.380 e. The van der Waals surface area contributed by atoms with Gasteiger partial charge in [-0.2, -0.15) is 0 Å². The zero-order valence-corrected chi connectivity index (χ0v) is 12.0. The maximum Gasteiger partial charge on any atom is 0.109 e. The van der Waals surface area contributed by atoms with Gasteiger partial charge in [0.1, 0.15) is 10.3 Å². The minimum absolute atomic E-state index is 0.308. The zero-order chi connectivity index (χ0) is 11.6. The molecule has 0 aliphatic heterocycles. The first-order valence-corrected chi connectivity index (χ1v) is 6.18. The third kappa shape index (κ3) is 3.28. The largest absolute Gasteiger partial charge is 0.380 e. The smallest absolute Gasteiger partial charge is 0.109 e. The monoisotopic (exact) mass is 333 g/mol. The SMILES string of the molecule is CC(=N)c1nc(Br)cc(Br)c1NC(C)C. The lowest BCUT2D eigenvalue weighted by atomic mass is 10.2. The van der Waals surface area contributed by atoms with E-state index in [4.69, 9.17) is 5.41 Å². The molecule has 0 atom stereocenters. The Kier molecular flexibility index (Phi) is 4.28. The third-order valence-corrected chi connectivity index (χ3v) is 2.76. The van der Waals surface area contributed by atoms with E-state index in [0.29, 0.717) is 17.4 Å². The molecule has 2 N–H and O–H groups in total. The predicted octanol–water partition coefficient (Wildman–Crippen LogP) is 3.81. The fourth-order valence-electron chi connectivity index (χ4n) is 1.18. The molecular weight excluding hydrogens is 322 g/mol. The number of anilines is 1. The zero-order valence-electron chi connectivity index (χ0n) is 8.86. The Morgan fingerprint density at radius 2 is 2.07 bits per heavy atom. The average molecular weight is 335 g/mol. The van der Waals surface area contributed by atoms with Crippen LogP contribution in [0.5, 0.6) is 0 Å². The highest BCUT2D eigenvalue weighted by molar-refractivity contribution is 9.11. The Hall–Kier alpha value is -0.420. The second kappa shape index (κ2) is 5.07. The van der Waals surface area contributed by atoms with E-state index in [0.717, 1.165) is 14.8 Å². The van der Waals surface area contributed by atoms with Crippen molar-refractivity contribution in [3.8, 4) is 0 Å². The molecule has 0 aromatic carbocycles. The van der Waals surface area contributed by atoms with Crippen LogP contribution in [-0.4, -0.2) is 16.7 Å². The lowest BCUT2D eigenvalue weighted by molar-refractivity contribution is 0.894. The first kappa shape index (κ1) is 12.6. The summed E-state index contributed by atoms with van der Waals surface area (Å²) in [5.41, 5.74) is 1.99. The van der Waals surface area contributed by atoms with Crippen molar-refractivity contribution in [3.05, 3.63) is 20.8 Å². The van der Waals surface area contributed by atoms with Crippen LogP contribution in [0.2, 0.25) is 0 Å². The Morgan fingerprint density at radius 1 is 1.47 bits per heavy atom. The standard InChI is InChI=1S/C10H13Br2N3/c1-5(2)14-10-7(11)4-8(12)15-9(10)6(3)13/h4-5,13-14H,1-3H3. The van der Waals surface area contributed by atoms with Crippen molar-refractivity contribution in [1.29, 1.82) is 5.41 Å². The van der Waals surface area contributed by atoms with Crippen LogP contribution in [0.4, 0.5) is 5.69 Å². The van der Waals surface area contributed by atoms with Gasteiger partial charge >= 0.3 is 0 Å². The van der Waals surface area contributed by atoms with Crippen LogP contribution in [0.15, 0.2) is 15.1 Å². The van der Waals surface area contributed by atoms with Crippen LogP contribution in [0.1, 0.15) is 26.5 Å². The number of nitrogens with zero attached hydrogens (tertiary/aromatic N) is 1. The van der Waals surface area contributed by atoms with E-state index < -0.39 is 0 Å². The van der Waals surface area contributed by atoms with Gasteiger partial charge < -0.3 is 10.7 Å². The molecule has 1 aromatic heterocycles. The van der Waals surface area contributed by atoms with Gasteiger partial charge in [0.05, 0.1) is 11.4 Å². The van der Waals surface area contributed by atoms with Crippen LogP contribution < -0.4 is 5.32 Å². The van der Waals surface area contributed by atoms with E-state index >= 15 is 0 Å². The molecule has 0 spiro atoms. The number of nitrogens with one attached hydrogen (secondary N) is 2. The van der Waals surface area contributed by atoms with E-state index in [2.05, 4.69) is 56.0 Å². The highest BCUT2D eigenvalue weighted by Gasteiger charge is 2.12. The summed E-state index contributed by atoms with van der Waals surface area (Å²) in [7, 11) is 0. The molecule has 0 saturated carbocycles. The molecule has 0 aliphatic rings. The molecule has 1 heterocycles. The van der Waals surface area contributed by atoms with Gasteiger partial charge in [0, 0.05) is 10.5 Å². The average Bonchev–Trinajstić information content (AvgIpc) is 2.08. The van der Waals surface area contributed by atoms with Crippen LogP contribution >= 0.6 is 31.9 Å². The fraction of sp³-hybridized carbons (Fsp3) is 0.400. The molecule has 0 saturated heterocycles. The Morgan fingerprint density at radius 3 is 2.53 bits per heavy atom. The van der Waals surface area contributed by atoms with E-state index in [1.54, 1.807) is 6.92 Å². The van der Waals surface area contributed by atoms with Crippen molar-refractivity contribution >= 4 is 43.3 Å². The summed E-state index contributed by atoms with van der Waals surface area (Å²) < 4.78 is 1.64. The van der Waals surface area contributed by atoms with E-state index in [-0.39, 0.29) is 0 Å². The van der Waals surface area contributed by atoms with Crippen molar-refractivity contribution in [2.45, 2.75) is 26.8 Å². The first-order valence-electron chi connectivity index (χ1n) is 4.60. The summed E-state index contributed by atoms with van der Waals surface area (Å²) in [5, 5.41) is 10.9. The molecule has 0 fully saturated rings. The van der Waals surface area contributed by atoms with Gasteiger partial charge in [-0.15, -0.1) is 0 Å². The van der Waals surface area contributed by atoms with Crippen LogP contribution in [0.3, 0.4) is 0 Å². The highest BCUT2D eigenvalue weighted by atomic mass is 79.9. The number of rotatable bonds is 3. The van der Waals surface area contributed by atoms with Crippen LogP contribution in [0.25, 0.3) is 0 Å². The summed E-state index contributed by atoms with van der Waals surface area (Å²) in [6.07, 6.45) is 0. The van der Waals surface area contributed by atoms with Gasteiger partial charge in [-0.3, -0.25) is 0 Å². The predicted molar refractivity (Wildman–Crippen MR) is 70.9 cm³/mol. The van der Waals surface area contributed by atoms with Crippen molar-refractivity contribution in [1.82, 2.24) is 4.98 Å². The molecule has 5 heteroatoms. The van der Waals surface area contributed by atoms with Gasteiger partial charge in [0.2, 0.25) is 0 Å². The number of hydrogen-bond acceptors (Lipinski definition) is 3. The number of halogens is 2. The lowest BCUT2D eigenvalue weighted by Crippen LogP contribution is -2.14. The minimum atomic E-state index is 0.308. The molecule has 0 bridgehead atoms. The second-order valence-corrected chi connectivity index (χ2v) is 5.24. The van der Waals surface area contributed by atoms with Gasteiger partial charge in [-0.05, 0) is 58.7 Å². The molecular formula is C10H13Br2N3. The maximum atomic E-state index is 7.67. The third-order valence-electron chi connectivity index (χ3n) is 1.73. The molecule has 0 amide bonds. The number of hydrogen-bond donors (Lipinski definition) is 2. The molecule has 3 nitrogen and oxygen atoms in total. The van der Waals surface area contributed by atoms with Crippen molar-refractivity contribution in [3.63, 3.8) is 0 Å². The normalized spacial score (nSPS) is 10.5. The quantitative estimate of drug-likeness (QED) is 0.652. The molecule has 15 heavy (non-hydrogen) atoms. The highest BCUT2D eigenvalue weighted by Crippen LogP contribution is 2.29. The Labute approximate surface area is 106 Å². The summed E-state index contributed by atoms with van der Waals surface area (Å²) in [5.74, 6) is 0. The maximum absolute atomic E-state index is 7.67.